The van der Waals surface area contributed by atoms with Gasteiger partial charge in [-0.25, -0.2) is 4.98 Å². The van der Waals surface area contributed by atoms with Crippen molar-refractivity contribution in [3.8, 4) is 6.07 Å². The van der Waals surface area contributed by atoms with Gasteiger partial charge in [-0.2, -0.15) is 5.26 Å². The molecule has 0 spiro atoms. The minimum atomic E-state index is -0.439. The lowest BCUT2D eigenvalue weighted by atomic mass is 10.2. The number of benzene rings is 2. The van der Waals surface area contributed by atoms with Crippen molar-refractivity contribution >= 4 is 28.4 Å². The normalized spacial score (nSPS) is 11.7. The molecule has 0 saturated carbocycles. The maximum absolute atomic E-state index is 12.3. The summed E-state index contributed by atoms with van der Waals surface area (Å²) in [6.45, 7) is 3.57. The molecule has 0 fully saturated rings. The summed E-state index contributed by atoms with van der Waals surface area (Å²) < 4.78 is 5.43. The van der Waals surface area contributed by atoms with Gasteiger partial charge in [-0.15, -0.1) is 0 Å². The summed E-state index contributed by atoms with van der Waals surface area (Å²) in [6, 6.07) is 13.8. The Morgan fingerprint density at radius 2 is 1.92 bits per heavy atom. The van der Waals surface area contributed by atoms with Crippen LogP contribution in [0.25, 0.3) is 11.1 Å². The topological polar surface area (TPSA) is 91.0 Å². The average molecular weight is 320 g/mol. The molecular weight excluding hydrogens is 304 g/mol. The van der Waals surface area contributed by atoms with Crippen molar-refractivity contribution in [2.45, 2.75) is 19.9 Å². The van der Waals surface area contributed by atoms with Gasteiger partial charge in [-0.05, 0) is 49.4 Å². The van der Waals surface area contributed by atoms with Gasteiger partial charge in [0.1, 0.15) is 11.6 Å². The third-order valence-corrected chi connectivity index (χ3v) is 3.55. The fourth-order valence-corrected chi connectivity index (χ4v) is 2.33. The number of nitriles is 1. The van der Waals surface area contributed by atoms with Crippen molar-refractivity contribution in [1.82, 2.24) is 4.98 Å². The lowest BCUT2D eigenvalue weighted by molar-refractivity contribution is -0.116. The smallest absolute Gasteiger partial charge is 0.246 e. The first-order valence-corrected chi connectivity index (χ1v) is 7.50. The first kappa shape index (κ1) is 15.6. The highest BCUT2D eigenvalue weighted by Crippen LogP contribution is 2.20. The van der Waals surface area contributed by atoms with Crippen molar-refractivity contribution in [2.75, 3.05) is 10.6 Å². The molecule has 1 heterocycles. The zero-order valence-corrected chi connectivity index (χ0v) is 13.3. The van der Waals surface area contributed by atoms with E-state index in [1.165, 1.54) is 0 Å². The van der Waals surface area contributed by atoms with Crippen LogP contribution in [0.4, 0.5) is 11.4 Å². The largest absolute Gasteiger partial charge is 0.441 e. The molecule has 120 valence electrons. The van der Waals surface area contributed by atoms with E-state index in [1.54, 1.807) is 38.1 Å². The van der Waals surface area contributed by atoms with E-state index in [0.29, 0.717) is 22.7 Å². The summed E-state index contributed by atoms with van der Waals surface area (Å²) >= 11 is 0. The third-order valence-electron chi connectivity index (χ3n) is 3.55. The molecule has 0 saturated heterocycles. The summed E-state index contributed by atoms with van der Waals surface area (Å²) in [5, 5.41) is 14.7. The van der Waals surface area contributed by atoms with Crippen LogP contribution in [0.5, 0.6) is 0 Å². The van der Waals surface area contributed by atoms with Gasteiger partial charge in [0.25, 0.3) is 0 Å². The SMILES string of the molecule is Cc1nc2cc(N[C@@H](C)C(=O)Nc3ccc(C#N)cc3)ccc2o1. The number of amides is 1. The van der Waals surface area contributed by atoms with E-state index >= 15 is 0 Å². The number of nitrogens with one attached hydrogen (secondary N) is 2. The van der Waals surface area contributed by atoms with Gasteiger partial charge in [0.2, 0.25) is 5.91 Å². The van der Waals surface area contributed by atoms with Crippen LogP contribution in [0.1, 0.15) is 18.4 Å². The van der Waals surface area contributed by atoms with Crippen molar-refractivity contribution in [3.63, 3.8) is 0 Å². The number of oxazole rings is 1. The lowest BCUT2D eigenvalue weighted by Crippen LogP contribution is -2.31. The molecule has 1 amide bonds. The second-order valence-corrected chi connectivity index (χ2v) is 5.46. The average Bonchev–Trinajstić information content (AvgIpc) is 2.94. The first-order chi connectivity index (χ1) is 11.5. The first-order valence-electron chi connectivity index (χ1n) is 7.50. The Hall–Kier alpha value is -3.33. The van der Waals surface area contributed by atoms with Gasteiger partial charge in [-0.3, -0.25) is 4.79 Å². The van der Waals surface area contributed by atoms with Crippen LogP contribution in [-0.4, -0.2) is 16.9 Å². The Labute approximate surface area is 139 Å². The van der Waals surface area contributed by atoms with Crippen molar-refractivity contribution in [3.05, 3.63) is 53.9 Å². The molecule has 6 nitrogen and oxygen atoms in total. The molecule has 3 aromatic rings. The molecule has 0 radical (unpaired) electrons. The van der Waals surface area contributed by atoms with Crippen molar-refractivity contribution in [1.29, 1.82) is 5.26 Å². The quantitative estimate of drug-likeness (QED) is 0.768. The number of carbonyl (C=O) groups is 1. The van der Waals surface area contributed by atoms with E-state index in [1.807, 2.05) is 24.3 Å². The van der Waals surface area contributed by atoms with Crippen molar-refractivity contribution < 1.29 is 9.21 Å². The zero-order valence-electron chi connectivity index (χ0n) is 13.3. The van der Waals surface area contributed by atoms with Gasteiger partial charge < -0.3 is 15.1 Å². The highest BCUT2D eigenvalue weighted by molar-refractivity contribution is 5.96. The number of aryl methyl sites for hydroxylation is 1. The Bertz CT molecular complexity index is 922. The van der Waals surface area contributed by atoms with Crippen LogP contribution < -0.4 is 10.6 Å². The van der Waals surface area contributed by atoms with Crippen LogP contribution in [0.2, 0.25) is 0 Å². The molecule has 2 N–H and O–H groups in total. The van der Waals surface area contributed by atoms with Crippen LogP contribution in [0.15, 0.2) is 46.9 Å². The number of rotatable bonds is 4. The molecular formula is C18H16N4O2. The number of fused-ring (bicyclic) bond motifs is 1. The molecule has 0 aliphatic carbocycles. The van der Waals surface area contributed by atoms with E-state index < -0.39 is 6.04 Å². The van der Waals surface area contributed by atoms with Crippen LogP contribution in [0, 0.1) is 18.3 Å². The van der Waals surface area contributed by atoms with Gasteiger partial charge in [-0.1, -0.05) is 0 Å². The lowest BCUT2D eigenvalue weighted by Gasteiger charge is -2.15. The van der Waals surface area contributed by atoms with Crippen LogP contribution in [0.3, 0.4) is 0 Å². The fourth-order valence-electron chi connectivity index (χ4n) is 2.33. The van der Waals surface area contributed by atoms with Gasteiger partial charge in [0.15, 0.2) is 11.5 Å². The molecule has 0 aliphatic heterocycles. The molecule has 0 unspecified atom stereocenters. The minimum absolute atomic E-state index is 0.170. The molecule has 1 aromatic heterocycles. The second-order valence-electron chi connectivity index (χ2n) is 5.46. The maximum Gasteiger partial charge on any atom is 0.246 e. The van der Waals surface area contributed by atoms with E-state index in [0.717, 1.165) is 11.2 Å². The monoisotopic (exact) mass is 320 g/mol. The third kappa shape index (κ3) is 3.36. The number of aromatic nitrogens is 1. The highest BCUT2D eigenvalue weighted by atomic mass is 16.3. The Balaban J connectivity index is 1.66. The van der Waals surface area contributed by atoms with Crippen molar-refractivity contribution in [2.24, 2.45) is 0 Å². The molecule has 0 bridgehead atoms. The second kappa shape index (κ2) is 6.42. The van der Waals surface area contributed by atoms with Crippen LogP contribution in [-0.2, 0) is 4.79 Å². The molecule has 3 rings (SSSR count). The molecule has 6 heteroatoms. The predicted molar refractivity (Wildman–Crippen MR) is 91.6 cm³/mol. The fraction of sp³-hybridized carbons (Fsp3) is 0.167. The summed E-state index contributed by atoms with van der Waals surface area (Å²) in [5.74, 6) is 0.435. The van der Waals surface area contributed by atoms with E-state index in [4.69, 9.17) is 9.68 Å². The summed E-state index contributed by atoms with van der Waals surface area (Å²) in [7, 11) is 0. The molecule has 24 heavy (non-hydrogen) atoms. The van der Waals surface area contributed by atoms with E-state index in [2.05, 4.69) is 15.6 Å². The van der Waals surface area contributed by atoms with E-state index in [9.17, 15) is 4.79 Å². The molecule has 2 aromatic carbocycles. The Kier molecular flexibility index (Phi) is 4.17. The van der Waals surface area contributed by atoms with Crippen LogP contribution >= 0.6 is 0 Å². The number of hydrogen-bond donors (Lipinski definition) is 2. The minimum Gasteiger partial charge on any atom is -0.441 e. The van der Waals surface area contributed by atoms with Gasteiger partial charge in [0, 0.05) is 18.3 Å². The van der Waals surface area contributed by atoms with Gasteiger partial charge >= 0.3 is 0 Å². The Morgan fingerprint density at radius 1 is 1.21 bits per heavy atom. The number of carbonyl (C=O) groups excluding carboxylic acids is 1. The van der Waals surface area contributed by atoms with Gasteiger partial charge in [0.05, 0.1) is 11.6 Å². The number of nitrogens with zero attached hydrogens (tertiary/aromatic N) is 2. The maximum atomic E-state index is 12.3. The number of anilines is 2. The zero-order chi connectivity index (χ0) is 17.1. The molecule has 1 atom stereocenters. The molecule has 0 aliphatic rings. The highest BCUT2D eigenvalue weighted by Gasteiger charge is 2.13. The number of hydrogen-bond acceptors (Lipinski definition) is 5. The Morgan fingerprint density at radius 3 is 2.62 bits per heavy atom. The predicted octanol–water partition coefficient (Wildman–Crippen LogP) is 3.45. The summed E-state index contributed by atoms with van der Waals surface area (Å²) in [6.07, 6.45) is 0. The standard InChI is InChI=1S/C18H16N4O2/c1-11(18(23)22-14-5-3-13(10-19)4-6-14)20-15-7-8-17-16(9-15)21-12(2)24-17/h3-9,11,20H,1-2H3,(H,22,23)/t11-/m0/s1. The summed E-state index contributed by atoms with van der Waals surface area (Å²) in [5.41, 5.74) is 3.45. The van der Waals surface area contributed by atoms with E-state index in [-0.39, 0.29) is 5.91 Å². The summed E-state index contributed by atoms with van der Waals surface area (Å²) in [4.78, 5) is 16.5.